The summed E-state index contributed by atoms with van der Waals surface area (Å²) in [5.74, 6) is 0. The summed E-state index contributed by atoms with van der Waals surface area (Å²) in [5, 5.41) is 32.6. The molecule has 2 N–H and O–H groups in total. The molecule has 6 heteroatoms. The first-order valence-electron chi connectivity index (χ1n) is 7.13. The zero-order valence-corrected chi connectivity index (χ0v) is 11.8. The van der Waals surface area contributed by atoms with E-state index in [4.69, 9.17) is 5.26 Å². The molecule has 0 atom stereocenters. The summed E-state index contributed by atoms with van der Waals surface area (Å²) in [4.78, 5) is 10.2. The maximum atomic E-state index is 10.8. The van der Waals surface area contributed by atoms with Gasteiger partial charge in [-0.3, -0.25) is 10.1 Å². The Balaban J connectivity index is 2.09. The minimum absolute atomic E-state index is 0.0479. The Bertz CT molecular complexity index is 560. The molecule has 1 aromatic carbocycles. The van der Waals surface area contributed by atoms with Gasteiger partial charge in [0.2, 0.25) is 0 Å². The fraction of sp³-hybridized carbons (Fsp3) is 0.533. The Morgan fingerprint density at radius 1 is 1.38 bits per heavy atom. The second-order valence-corrected chi connectivity index (χ2v) is 5.67. The van der Waals surface area contributed by atoms with E-state index in [0.29, 0.717) is 12.2 Å². The van der Waals surface area contributed by atoms with Gasteiger partial charge in [-0.2, -0.15) is 5.26 Å². The first kappa shape index (κ1) is 15.3. The van der Waals surface area contributed by atoms with Gasteiger partial charge >= 0.3 is 0 Å². The quantitative estimate of drug-likeness (QED) is 0.641. The summed E-state index contributed by atoms with van der Waals surface area (Å²) in [5.41, 5.74) is 0.423. The highest BCUT2D eigenvalue weighted by Crippen LogP contribution is 2.36. The molecule has 0 radical (unpaired) electrons. The maximum Gasteiger partial charge on any atom is 0.287 e. The van der Waals surface area contributed by atoms with Gasteiger partial charge in [0.1, 0.15) is 11.6 Å². The molecular formula is C15H19N3O3. The van der Waals surface area contributed by atoms with Crippen LogP contribution in [0.4, 0.5) is 11.4 Å². The molecule has 1 fully saturated rings. The summed E-state index contributed by atoms with van der Waals surface area (Å²) < 4.78 is 0. The van der Waals surface area contributed by atoms with Crippen LogP contribution in [0, 0.1) is 26.9 Å². The van der Waals surface area contributed by atoms with Crippen LogP contribution in [0.15, 0.2) is 18.2 Å². The fourth-order valence-electron chi connectivity index (χ4n) is 2.88. The number of nitriles is 1. The van der Waals surface area contributed by atoms with E-state index in [1.165, 1.54) is 18.6 Å². The van der Waals surface area contributed by atoms with Crippen molar-refractivity contribution in [2.24, 2.45) is 5.41 Å². The molecule has 0 amide bonds. The van der Waals surface area contributed by atoms with Gasteiger partial charge in [-0.1, -0.05) is 19.3 Å². The van der Waals surface area contributed by atoms with Gasteiger partial charge < -0.3 is 10.4 Å². The molecule has 1 aliphatic rings. The molecule has 0 unspecified atom stereocenters. The van der Waals surface area contributed by atoms with Gasteiger partial charge in [0.05, 0.1) is 11.5 Å². The summed E-state index contributed by atoms with van der Waals surface area (Å²) in [6.07, 6.45) is 5.40. The molecule has 1 saturated carbocycles. The Morgan fingerprint density at radius 3 is 2.67 bits per heavy atom. The van der Waals surface area contributed by atoms with Crippen LogP contribution < -0.4 is 5.32 Å². The average molecular weight is 289 g/mol. The van der Waals surface area contributed by atoms with Gasteiger partial charge in [0.25, 0.3) is 5.69 Å². The van der Waals surface area contributed by atoms with E-state index in [1.807, 2.05) is 6.07 Å². The highest BCUT2D eigenvalue weighted by atomic mass is 16.6. The first-order chi connectivity index (χ1) is 10.1. The van der Waals surface area contributed by atoms with Crippen molar-refractivity contribution in [3.8, 4) is 6.07 Å². The minimum Gasteiger partial charge on any atom is -0.396 e. The van der Waals surface area contributed by atoms with Crippen molar-refractivity contribution in [1.29, 1.82) is 5.26 Å². The SMILES string of the molecule is N#Cc1cc(NCC2(CO)CCCCC2)ccc1[N+](=O)[O-]. The van der Waals surface area contributed by atoms with E-state index in [9.17, 15) is 15.2 Å². The number of hydrogen-bond acceptors (Lipinski definition) is 5. The predicted octanol–water partition coefficient (Wildman–Crippen LogP) is 2.82. The van der Waals surface area contributed by atoms with Crippen LogP contribution in [0.25, 0.3) is 0 Å². The number of anilines is 1. The molecule has 112 valence electrons. The molecular weight excluding hydrogens is 270 g/mol. The lowest BCUT2D eigenvalue weighted by Gasteiger charge is -2.36. The standard InChI is InChI=1S/C15H19N3O3/c16-9-12-8-13(4-5-14(12)18(20)21)17-10-15(11-19)6-2-1-3-7-15/h4-5,8,17,19H,1-3,6-7,10-11H2. The number of hydrogen-bond donors (Lipinski definition) is 2. The van der Waals surface area contributed by atoms with Gasteiger partial charge in [0.15, 0.2) is 0 Å². The van der Waals surface area contributed by atoms with Crippen molar-refractivity contribution >= 4 is 11.4 Å². The highest BCUT2D eigenvalue weighted by Gasteiger charge is 2.31. The monoisotopic (exact) mass is 289 g/mol. The zero-order valence-electron chi connectivity index (χ0n) is 11.8. The van der Waals surface area contributed by atoms with E-state index in [0.717, 1.165) is 25.7 Å². The maximum absolute atomic E-state index is 10.8. The van der Waals surface area contributed by atoms with Crippen LogP contribution in [0.5, 0.6) is 0 Å². The molecule has 0 saturated heterocycles. The van der Waals surface area contributed by atoms with Crippen LogP contribution in [-0.2, 0) is 0 Å². The second-order valence-electron chi connectivity index (χ2n) is 5.67. The molecule has 0 heterocycles. The Kier molecular flexibility index (Phi) is 4.76. The molecule has 0 aromatic heterocycles. The number of rotatable bonds is 5. The number of nitrogens with zero attached hydrogens (tertiary/aromatic N) is 2. The lowest BCUT2D eigenvalue weighted by molar-refractivity contribution is -0.385. The summed E-state index contributed by atoms with van der Waals surface area (Å²) in [6.45, 7) is 0.754. The van der Waals surface area contributed by atoms with E-state index < -0.39 is 4.92 Å². The van der Waals surface area contributed by atoms with Crippen LogP contribution in [-0.4, -0.2) is 23.2 Å². The Labute approximate surface area is 123 Å². The Hall–Kier alpha value is -2.13. The number of benzene rings is 1. The van der Waals surface area contributed by atoms with Crippen LogP contribution in [0.2, 0.25) is 0 Å². The van der Waals surface area contributed by atoms with E-state index in [1.54, 1.807) is 6.07 Å². The lowest BCUT2D eigenvalue weighted by atomic mass is 9.74. The van der Waals surface area contributed by atoms with Gasteiger partial charge in [0, 0.05) is 23.7 Å². The topological polar surface area (TPSA) is 99.2 Å². The zero-order chi connectivity index (χ0) is 15.3. The van der Waals surface area contributed by atoms with Crippen molar-refractivity contribution in [3.63, 3.8) is 0 Å². The van der Waals surface area contributed by atoms with Crippen LogP contribution >= 0.6 is 0 Å². The normalized spacial score (nSPS) is 17.0. The largest absolute Gasteiger partial charge is 0.396 e. The molecule has 1 aliphatic carbocycles. The highest BCUT2D eigenvalue weighted by molar-refractivity contribution is 5.58. The van der Waals surface area contributed by atoms with Crippen molar-refractivity contribution in [2.45, 2.75) is 32.1 Å². The average Bonchev–Trinajstić information content (AvgIpc) is 2.53. The molecule has 0 aliphatic heterocycles. The second kappa shape index (κ2) is 6.55. The third kappa shape index (κ3) is 3.50. The van der Waals surface area contributed by atoms with Crippen molar-refractivity contribution < 1.29 is 10.0 Å². The molecule has 1 aromatic rings. The number of aliphatic hydroxyl groups excluding tert-OH is 1. The molecule has 0 bridgehead atoms. The number of nitro benzene ring substituents is 1. The van der Waals surface area contributed by atoms with Crippen molar-refractivity contribution in [1.82, 2.24) is 0 Å². The molecule has 21 heavy (non-hydrogen) atoms. The van der Waals surface area contributed by atoms with Gasteiger partial charge in [-0.25, -0.2) is 0 Å². The van der Waals surface area contributed by atoms with E-state index >= 15 is 0 Å². The lowest BCUT2D eigenvalue weighted by Crippen LogP contribution is -2.35. The predicted molar refractivity (Wildman–Crippen MR) is 78.9 cm³/mol. The van der Waals surface area contributed by atoms with E-state index in [-0.39, 0.29) is 23.3 Å². The third-order valence-corrected chi connectivity index (χ3v) is 4.23. The van der Waals surface area contributed by atoms with Crippen molar-refractivity contribution in [2.75, 3.05) is 18.5 Å². The van der Waals surface area contributed by atoms with Gasteiger partial charge in [-0.05, 0) is 25.0 Å². The summed E-state index contributed by atoms with van der Waals surface area (Å²) in [6, 6.07) is 6.28. The van der Waals surface area contributed by atoms with Crippen LogP contribution in [0.1, 0.15) is 37.7 Å². The van der Waals surface area contributed by atoms with Crippen LogP contribution in [0.3, 0.4) is 0 Å². The van der Waals surface area contributed by atoms with Crippen molar-refractivity contribution in [3.05, 3.63) is 33.9 Å². The minimum atomic E-state index is -0.557. The van der Waals surface area contributed by atoms with E-state index in [2.05, 4.69) is 5.32 Å². The first-order valence-corrected chi connectivity index (χ1v) is 7.13. The molecule has 0 spiro atoms. The summed E-state index contributed by atoms with van der Waals surface area (Å²) >= 11 is 0. The Morgan fingerprint density at radius 2 is 2.10 bits per heavy atom. The number of aliphatic hydroxyl groups is 1. The smallest absolute Gasteiger partial charge is 0.287 e. The molecule has 6 nitrogen and oxygen atoms in total. The fourth-order valence-corrected chi connectivity index (χ4v) is 2.88. The van der Waals surface area contributed by atoms with Gasteiger partial charge in [-0.15, -0.1) is 0 Å². The number of nitrogens with one attached hydrogen (secondary N) is 1. The third-order valence-electron chi connectivity index (χ3n) is 4.23. The summed E-state index contributed by atoms with van der Waals surface area (Å²) in [7, 11) is 0. The molecule has 2 rings (SSSR count). The number of nitro groups is 1.